The van der Waals surface area contributed by atoms with Crippen LogP contribution in [0, 0.1) is 0 Å². The molecule has 1 aliphatic rings. The molecule has 1 fully saturated rings. The number of benzene rings is 1. The van der Waals surface area contributed by atoms with Gasteiger partial charge in [-0.05, 0) is 51.0 Å². The molecule has 116 valence electrons. The number of hydrogen-bond donors (Lipinski definition) is 2. The molecule has 1 saturated carbocycles. The van der Waals surface area contributed by atoms with Gasteiger partial charge >= 0.3 is 0 Å². The van der Waals surface area contributed by atoms with Gasteiger partial charge in [-0.25, -0.2) is 0 Å². The van der Waals surface area contributed by atoms with E-state index in [2.05, 4.69) is 5.32 Å². The zero-order chi connectivity index (χ0) is 15.5. The van der Waals surface area contributed by atoms with Crippen LogP contribution in [0.2, 0.25) is 5.02 Å². The van der Waals surface area contributed by atoms with Gasteiger partial charge in [0.1, 0.15) is 5.75 Å². The summed E-state index contributed by atoms with van der Waals surface area (Å²) in [6, 6.07) is 6.88. The van der Waals surface area contributed by atoms with Crippen molar-refractivity contribution in [3.05, 3.63) is 29.3 Å². The van der Waals surface area contributed by atoms with Crippen LogP contribution in [0.15, 0.2) is 24.3 Å². The molecule has 0 aromatic heterocycles. The lowest BCUT2D eigenvalue weighted by Crippen LogP contribution is -2.51. The van der Waals surface area contributed by atoms with Gasteiger partial charge in [0, 0.05) is 11.6 Å². The lowest BCUT2D eigenvalue weighted by atomic mass is 10.0. The molecule has 0 bridgehead atoms. The lowest BCUT2D eigenvalue weighted by Gasteiger charge is -2.28. The van der Waals surface area contributed by atoms with Crippen LogP contribution in [0.25, 0.3) is 0 Å². The number of amides is 1. The summed E-state index contributed by atoms with van der Waals surface area (Å²) in [6.45, 7) is 3.69. The Bertz CT molecular complexity index is 493. The van der Waals surface area contributed by atoms with E-state index in [0.29, 0.717) is 10.8 Å². The van der Waals surface area contributed by atoms with Crippen LogP contribution < -0.4 is 10.1 Å². The summed E-state index contributed by atoms with van der Waals surface area (Å²) in [6.07, 6.45) is 3.51. The minimum atomic E-state index is -1.01. The smallest absolute Gasteiger partial charge is 0.263 e. The van der Waals surface area contributed by atoms with E-state index in [4.69, 9.17) is 16.3 Å². The third-order valence-corrected chi connectivity index (χ3v) is 4.10. The van der Waals surface area contributed by atoms with Gasteiger partial charge < -0.3 is 15.2 Å². The third-order valence-electron chi connectivity index (χ3n) is 3.85. The van der Waals surface area contributed by atoms with Gasteiger partial charge in [-0.15, -0.1) is 0 Å². The van der Waals surface area contributed by atoms with Crippen LogP contribution >= 0.6 is 11.6 Å². The normalized spacial score (nSPS) is 17.5. The first-order valence-electron chi connectivity index (χ1n) is 7.26. The van der Waals surface area contributed by atoms with Gasteiger partial charge in [-0.3, -0.25) is 4.79 Å². The number of aliphatic hydroxyl groups is 1. The maximum Gasteiger partial charge on any atom is 0.263 e. The molecule has 0 saturated heterocycles. The van der Waals surface area contributed by atoms with Crippen LogP contribution in [0.1, 0.15) is 39.5 Å². The van der Waals surface area contributed by atoms with Gasteiger partial charge in [-0.2, -0.15) is 0 Å². The molecule has 21 heavy (non-hydrogen) atoms. The number of carbonyl (C=O) groups excluding carboxylic acids is 1. The van der Waals surface area contributed by atoms with Crippen LogP contribution in [0.4, 0.5) is 0 Å². The Labute approximate surface area is 130 Å². The standard InChI is InChI=1S/C16H22ClNO3/c1-15(2,21-13-7-5-12(17)6-8-13)14(19)18-11-16(20)9-3-4-10-16/h5-8,20H,3-4,9-11H2,1-2H3,(H,18,19). The Balaban J connectivity index is 1.91. The molecule has 4 nitrogen and oxygen atoms in total. The molecular formula is C16H22ClNO3. The molecule has 1 aliphatic carbocycles. The van der Waals surface area contributed by atoms with Crippen molar-refractivity contribution in [1.29, 1.82) is 0 Å². The van der Waals surface area contributed by atoms with Crippen LogP contribution in [0.5, 0.6) is 5.75 Å². The quantitative estimate of drug-likeness (QED) is 0.879. The van der Waals surface area contributed by atoms with E-state index in [1.807, 2.05) is 0 Å². The van der Waals surface area contributed by atoms with E-state index in [1.165, 1.54) is 0 Å². The first kappa shape index (κ1) is 16.1. The second-order valence-corrected chi connectivity index (χ2v) is 6.62. The largest absolute Gasteiger partial charge is 0.478 e. The first-order valence-corrected chi connectivity index (χ1v) is 7.64. The van der Waals surface area contributed by atoms with Crippen molar-refractivity contribution in [2.75, 3.05) is 6.54 Å². The summed E-state index contributed by atoms with van der Waals surface area (Å²) in [5.41, 5.74) is -1.77. The highest BCUT2D eigenvalue weighted by Gasteiger charge is 2.35. The highest BCUT2D eigenvalue weighted by molar-refractivity contribution is 6.30. The molecule has 0 atom stereocenters. The van der Waals surface area contributed by atoms with Crippen molar-refractivity contribution in [3.8, 4) is 5.75 Å². The van der Waals surface area contributed by atoms with E-state index in [0.717, 1.165) is 25.7 Å². The average Bonchev–Trinajstić information content (AvgIpc) is 2.86. The first-order chi connectivity index (χ1) is 9.81. The Morgan fingerprint density at radius 3 is 2.48 bits per heavy atom. The molecule has 0 heterocycles. The summed E-state index contributed by atoms with van der Waals surface area (Å²) in [4.78, 5) is 12.3. The Morgan fingerprint density at radius 2 is 1.90 bits per heavy atom. The monoisotopic (exact) mass is 311 g/mol. The second kappa shape index (κ2) is 6.24. The van der Waals surface area contributed by atoms with Gasteiger partial charge in [0.15, 0.2) is 5.60 Å². The Hall–Kier alpha value is -1.26. The van der Waals surface area contributed by atoms with Crippen molar-refractivity contribution in [2.24, 2.45) is 0 Å². The highest BCUT2D eigenvalue weighted by Crippen LogP contribution is 2.29. The molecule has 0 aliphatic heterocycles. The van der Waals surface area contributed by atoms with Gasteiger partial charge in [0.05, 0.1) is 5.60 Å². The Morgan fingerprint density at radius 1 is 1.33 bits per heavy atom. The zero-order valence-electron chi connectivity index (χ0n) is 12.5. The maximum absolute atomic E-state index is 12.3. The Kier molecular flexibility index (Phi) is 4.79. The minimum Gasteiger partial charge on any atom is -0.478 e. The third kappa shape index (κ3) is 4.35. The van der Waals surface area contributed by atoms with Gasteiger partial charge in [0.2, 0.25) is 0 Å². The van der Waals surface area contributed by atoms with E-state index in [1.54, 1.807) is 38.1 Å². The van der Waals surface area contributed by atoms with Crippen molar-refractivity contribution >= 4 is 17.5 Å². The summed E-state index contributed by atoms with van der Waals surface area (Å²) in [5.74, 6) is 0.344. The molecule has 0 radical (unpaired) electrons. The topological polar surface area (TPSA) is 58.6 Å². The lowest BCUT2D eigenvalue weighted by molar-refractivity contribution is -0.135. The number of hydrogen-bond acceptors (Lipinski definition) is 3. The number of nitrogens with one attached hydrogen (secondary N) is 1. The fourth-order valence-electron chi connectivity index (χ4n) is 2.51. The molecular weight excluding hydrogens is 290 g/mol. The number of halogens is 1. The predicted octanol–water partition coefficient (Wildman–Crippen LogP) is 2.92. The molecule has 0 spiro atoms. The summed E-state index contributed by atoms with van der Waals surface area (Å²) < 4.78 is 5.71. The van der Waals surface area contributed by atoms with E-state index < -0.39 is 11.2 Å². The van der Waals surface area contributed by atoms with E-state index >= 15 is 0 Å². The SMILES string of the molecule is CC(C)(Oc1ccc(Cl)cc1)C(=O)NCC1(O)CCCC1. The van der Waals surface area contributed by atoms with Gasteiger partial charge in [-0.1, -0.05) is 24.4 Å². The summed E-state index contributed by atoms with van der Waals surface area (Å²) >= 11 is 5.82. The molecule has 2 N–H and O–H groups in total. The molecule has 0 unspecified atom stereocenters. The summed E-state index contributed by atoms with van der Waals surface area (Å²) in [7, 11) is 0. The minimum absolute atomic E-state index is 0.238. The second-order valence-electron chi connectivity index (χ2n) is 6.18. The number of carbonyl (C=O) groups is 1. The molecule has 2 rings (SSSR count). The molecule has 1 amide bonds. The highest BCUT2D eigenvalue weighted by atomic mass is 35.5. The predicted molar refractivity (Wildman–Crippen MR) is 82.6 cm³/mol. The van der Waals surface area contributed by atoms with Crippen LogP contribution in [0.3, 0.4) is 0 Å². The fraction of sp³-hybridized carbons (Fsp3) is 0.562. The van der Waals surface area contributed by atoms with Crippen LogP contribution in [-0.4, -0.2) is 28.8 Å². The van der Waals surface area contributed by atoms with E-state index in [-0.39, 0.29) is 12.5 Å². The zero-order valence-corrected chi connectivity index (χ0v) is 13.2. The van der Waals surface area contributed by atoms with Crippen LogP contribution in [-0.2, 0) is 4.79 Å². The average molecular weight is 312 g/mol. The van der Waals surface area contributed by atoms with Crippen molar-refractivity contribution < 1.29 is 14.6 Å². The number of rotatable bonds is 5. The van der Waals surface area contributed by atoms with Crippen molar-refractivity contribution in [1.82, 2.24) is 5.32 Å². The molecule has 1 aromatic carbocycles. The van der Waals surface area contributed by atoms with Gasteiger partial charge in [0.25, 0.3) is 5.91 Å². The summed E-state index contributed by atoms with van der Waals surface area (Å²) in [5, 5.41) is 13.7. The van der Waals surface area contributed by atoms with Crippen molar-refractivity contribution in [2.45, 2.75) is 50.7 Å². The van der Waals surface area contributed by atoms with E-state index in [9.17, 15) is 9.90 Å². The molecule has 1 aromatic rings. The number of ether oxygens (including phenoxy) is 1. The molecule has 5 heteroatoms. The van der Waals surface area contributed by atoms with Crippen molar-refractivity contribution in [3.63, 3.8) is 0 Å². The maximum atomic E-state index is 12.3. The fourth-order valence-corrected chi connectivity index (χ4v) is 2.64.